The highest BCUT2D eigenvalue weighted by molar-refractivity contribution is 7.91. The summed E-state index contributed by atoms with van der Waals surface area (Å²) >= 11 is 0. The molecule has 0 saturated carbocycles. The molecule has 16 heavy (non-hydrogen) atoms. The largest absolute Gasteiger partial charge is 0.386 e. The van der Waals surface area contributed by atoms with E-state index >= 15 is 0 Å². The van der Waals surface area contributed by atoms with Gasteiger partial charge in [0.1, 0.15) is 0 Å². The molecule has 1 aromatic rings. The van der Waals surface area contributed by atoms with E-state index in [-0.39, 0.29) is 17.1 Å². The second-order valence-corrected chi connectivity index (χ2v) is 6.05. The second-order valence-electron chi connectivity index (χ2n) is 3.94. The normalized spacial score (nSPS) is 15.4. The first kappa shape index (κ1) is 12.9. The van der Waals surface area contributed by atoms with Gasteiger partial charge in [-0.3, -0.25) is 0 Å². The van der Waals surface area contributed by atoms with Gasteiger partial charge in [-0.05, 0) is 25.5 Å². The number of benzene rings is 1. The molecule has 0 radical (unpaired) electrons. The molecule has 1 atom stereocenters. The molecule has 0 saturated heterocycles. The summed E-state index contributed by atoms with van der Waals surface area (Å²) in [5.41, 5.74) is -1.14. The summed E-state index contributed by atoms with van der Waals surface area (Å²) in [5.74, 6) is -0.0873. The van der Waals surface area contributed by atoms with Gasteiger partial charge in [-0.2, -0.15) is 0 Å². The molecule has 1 aromatic carbocycles. The van der Waals surface area contributed by atoms with E-state index in [1.165, 1.54) is 6.08 Å². The summed E-state index contributed by atoms with van der Waals surface area (Å²) in [7, 11) is -3.31. The number of aliphatic hydroxyl groups is 1. The Hall–Kier alpha value is -1.13. The summed E-state index contributed by atoms with van der Waals surface area (Å²) < 4.78 is 23.7. The van der Waals surface area contributed by atoms with E-state index in [2.05, 4.69) is 6.58 Å². The fourth-order valence-corrected chi connectivity index (χ4v) is 2.68. The smallest absolute Gasteiger partial charge is 0.178 e. The minimum Gasteiger partial charge on any atom is -0.386 e. The molecule has 1 N–H and O–H groups in total. The SMILES string of the molecule is C=CC(C)(O)CCS(=O)(=O)c1ccccc1. The molecular formula is C12H16O3S. The summed E-state index contributed by atoms with van der Waals surface area (Å²) in [6, 6.07) is 8.23. The Balaban J connectivity index is 2.79. The van der Waals surface area contributed by atoms with Crippen molar-refractivity contribution in [1.82, 2.24) is 0 Å². The first-order chi connectivity index (χ1) is 7.37. The highest BCUT2D eigenvalue weighted by Crippen LogP contribution is 2.16. The van der Waals surface area contributed by atoms with Crippen molar-refractivity contribution in [3.8, 4) is 0 Å². The summed E-state index contributed by atoms with van der Waals surface area (Å²) in [4.78, 5) is 0.287. The van der Waals surface area contributed by atoms with Crippen molar-refractivity contribution in [2.24, 2.45) is 0 Å². The molecule has 0 fully saturated rings. The van der Waals surface area contributed by atoms with Crippen molar-refractivity contribution in [1.29, 1.82) is 0 Å². The number of sulfone groups is 1. The van der Waals surface area contributed by atoms with Crippen LogP contribution in [0.5, 0.6) is 0 Å². The van der Waals surface area contributed by atoms with E-state index in [0.717, 1.165) is 0 Å². The minimum absolute atomic E-state index is 0.0873. The van der Waals surface area contributed by atoms with Crippen molar-refractivity contribution in [2.45, 2.75) is 23.8 Å². The van der Waals surface area contributed by atoms with E-state index in [4.69, 9.17) is 0 Å². The van der Waals surface area contributed by atoms with E-state index in [1.807, 2.05) is 0 Å². The molecule has 4 heteroatoms. The van der Waals surface area contributed by atoms with Crippen LogP contribution in [0.2, 0.25) is 0 Å². The predicted octanol–water partition coefficient (Wildman–Crippen LogP) is 1.79. The lowest BCUT2D eigenvalue weighted by molar-refractivity contribution is 0.109. The van der Waals surface area contributed by atoms with Crippen LogP contribution in [0.4, 0.5) is 0 Å². The molecular weight excluding hydrogens is 224 g/mol. The summed E-state index contributed by atoms with van der Waals surface area (Å²) in [6.07, 6.45) is 1.50. The zero-order valence-electron chi connectivity index (χ0n) is 9.26. The third-order valence-electron chi connectivity index (χ3n) is 2.42. The third kappa shape index (κ3) is 3.47. The van der Waals surface area contributed by atoms with Crippen LogP contribution in [0.15, 0.2) is 47.9 Å². The molecule has 88 valence electrons. The molecule has 0 spiro atoms. The van der Waals surface area contributed by atoms with E-state index in [1.54, 1.807) is 37.3 Å². The Bertz CT molecular complexity index is 446. The molecule has 0 aliphatic carbocycles. The van der Waals surface area contributed by atoms with Crippen LogP contribution >= 0.6 is 0 Å². The lowest BCUT2D eigenvalue weighted by Gasteiger charge is -2.17. The minimum atomic E-state index is -3.31. The third-order valence-corrected chi connectivity index (χ3v) is 4.15. The van der Waals surface area contributed by atoms with Gasteiger partial charge in [-0.1, -0.05) is 24.3 Å². The molecule has 0 amide bonds. The fourth-order valence-electron chi connectivity index (χ4n) is 1.19. The lowest BCUT2D eigenvalue weighted by Crippen LogP contribution is -2.24. The van der Waals surface area contributed by atoms with Crippen LogP contribution < -0.4 is 0 Å². The van der Waals surface area contributed by atoms with Crippen molar-refractivity contribution in [3.05, 3.63) is 43.0 Å². The fraction of sp³-hybridized carbons (Fsp3) is 0.333. The van der Waals surface area contributed by atoms with Crippen LogP contribution in [0.1, 0.15) is 13.3 Å². The lowest BCUT2D eigenvalue weighted by atomic mass is 10.1. The van der Waals surface area contributed by atoms with Gasteiger partial charge in [0.25, 0.3) is 0 Å². The highest BCUT2D eigenvalue weighted by atomic mass is 32.2. The van der Waals surface area contributed by atoms with Gasteiger partial charge in [0.15, 0.2) is 9.84 Å². The maximum atomic E-state index is 11.8. The van der Waals surface area contributed by atoms with Gasteiger partial charge < -0.3 is 5.11 Å². The number of hydrogen-bond acceptors (Lipinski definition) is 3. The highest BCUT2D eigenvalue weighted by Gasteiger charge is 2.21. The molecule has 0 aromatic heterocycles. The van der Waals surface area contributed by atoms with Crippen LogP contribution in [0.25, 0.3) is 0 Å². The number of hydrogen-bond donors (Lipinski definition) is 1. The van der Waals surface area contributed by atoms with Gasteiger partial charge in [0.05, 0.1) is 16.2 Å². The Kier molecular flexibility index (Phi) is 3.88. The van der Waals surface area contributed by atoms with Crippen LogP contribution in [-0.4, -0.2) is 24.9 Å². The molecule has 0 heterocycles. The van der Waals surface area contributed by atoms with Crippen molar-refractivity contribution < 1.29 is 13.5 Å². The Morgan fingerprint density at radius 1 is 1.38 bits per heavy atom. The van der Waals surface area contributed by atoms with Crippen LogP contribution in [0.3, 0.4) is 0 Å². The van der Waals surface area contributed by atoms with E-state index < -0.39 is 15.4 Å². The van der Waals surface area contributed by atoms with E-state index in [0.29, 0.717) is 0 Å². The van der Waals surface area contributed by atoms with Gasteiger partial charge in [0, 0.05) is 0 Å². The van der Waals surface area contributed by atoms with Gasteiger partial charge >= 0.3 is 0 Å². The van der Waals surface area contributed by atoms with Crippen LogP contribution in [-0.2, 0) is 9.84 Å². The molecule has 0 aliphatic rings. The molecule has 1 rings (SSSR count). The van der Waals surface area contributed by atoms with Crippen molar-refractivity contribution >= 4 is 9.84 Å². The Labute approximate surface area is 96.4 Å². The maximum Gasteiger partial charge on any atom is 0.178 e. The van der Waals surface area contributed by atoms with E-state index in [9.17, 15) is 13.5 Å². The molecule has 1 unspecified atom stereocenters. The Morgan fingerprint density at radius 3 is 2.44 bits per heavy atom. The zero-order chi connectivity index (χ0) is 12.2. The second kappa shape index (κ2) is 4.80. The number of rotatable bonds is 5. The average molecular weight is 240 g/mol. The van der Waals surface area contributed by atoms with Gasteiger partial charge in [-0.25, -0.2) is 8.42 Å². The molecule has 3 nitrogen and oxygen atoms in total. The van der Waals surface area contributed by atoms with Gasteiger partial charge in [-0.15, -0.1) is 6.58 Å². The average Bonchev–Trinajstić information content (AvgIpc) is 2.28. The maximum absolute atomic E-state index is 11.8. The zero-order valence-corrected chi connectivity index (χ0v) is 10.1. The monoisotopic (exact) mass is 240 g/mol. The van der Waals surface area contributed by atoms with Crippen LogP contribution in [0, 0.1) is 0 Å². The first-order valence-corrected chi connectivity index (χ1v) is 6.66. The molecule has 0 aliphatic heterocycles. The standard InChI is InChI=1S/C12H16O3S/c1-3-12(2,13)9-10-16(14,15)11-7-5-4-6-8-11/h3-8,13H,1,9-10H2,2H3. The summed E-state index contributed by atoms with van der Waals surface area (Å²) in [6.45, 7) is 5.00. The predicted molar refractivity (Wildman–Crippen MR) is 63.9 cm³/mol. The quantitative estimate of drug-likeness (QED) is 0.798. The Morgan fingerprint density at radius 2 is 1.94 bits per heavy atom. The van der Waals surface area contributed by atoms with Gasteiger partial charge in [0.2, 0.25) is 0 Å². The summed E-state index contributed by atoms with van der Waals surface area (Å²) in [5, 5.41) is 9.65. The topological polar surface area (TPSA) is 54.4 Å². The molecule has 0 bridgehead atoms. The van der Waals surface area contributed by atoms with Crippen molar-refractivity contribution in [2.75, 3.05) is 5.75 Å². The van der Waals surface area contributed by atoms with Crippen molar-refractivity contribution in [3.63, 3.8) is 0 Å². The first-order valence-electron chi connectivity index (χ1n) is 5.01.